The number of benzene rings is 1. The molecule has 140 valence electrons. The SMILES string of the molecule is Nc1nc(Cl)cc(NCC2(CO)CC(CCCCc3ccccc3)C2)n1. The number of aryl methyl sites for hydroxylation is 1. The van der Waals surface area contributed by atoms with Gasteiger partial charge in [-0.25, -0.2) is 4.98 Å². The Balaban J connectivity index is 1.38. The number of aliphatic hydroxyl groups excluding tert-OH is 1. The summed E-state index contributed by atoms with van der Waals surface area (Å²) in [6.45, 7) is 0.867. The minimum absolute atomic E-state index is 0.0592. The molecule has 6 heteroatoms. The number of hydrogen-bond acceptors (Lipinski definition) is 5. The van der Waals surface area contributed by atoms with Crippen molar-refractivity contribution in [1.29, 1.82) is 0 Å². The highest BCUT2D eigenvalue weighted by atomic mass is 35.5. The van der Waals surface area contributed by atoms with Crippen molar-refractivity contribution in [3.8, 4) is 0 Å². The molecule has 1 aliphatic carbocycles. The molecule has 0 unspecified atom stereocenters. The van der Waals surface area contributed by atoms with Crippen LogP contribution in [-0.2, 0) is 6.42 Å². The van der Waals surface area contributed by atoms with Gasteiger partial charge in [0.25, 0.3) is 0 Å². The van der Waals surface area contributed by atoms with E-state index in [1.165, 1.54) is 24.8 Å². The fourth-order valence-corrected chi connectivity index (χ4v) is 4.10. The Morgan fingerprint density at radius 3 is 2.65 bits per heavy atom. The van der Waals surface area contributed by atoms with Crippen LogP contribution in [-0.4, -0.2) is 28.2 Å². The Kier molecular flexibility index (Phi) is 6.33. The Labute approximate surface area is 160 Å². The molecule has 3 rings (SSSR count). The lowest BCUT2D eigenvalue weighted by Gasteiger charge is -2.47. The van der Waals surface area contributed by atoms with Gasteiger partial charge in [-0.1, -0.05) is 54.8 Å². The van der Waals surface area contributed by atoms with Crippen LogP contribution in [0.3, 0.4) is 0 Å². The quantitative estimate of drug-likeness (QED) is 0.457. The summed E-state index contributed by atoms with van der Waals surface area (Å²) in [6, 6.07) is 12.3. The molecule has 1 saturated carbocycles. The molecule has 1 aromatic heterocycles. The van der Waals surface area contributed by atoms with Crippen LogP contribution in [0.5, 0.6) is 0 Å². The second kappa shape index (κ2) is 8.69. The predicted molar refractivity (Wildman–Crippen MR) is 106 cm³/mol. The number of nitrogens with two attached hydrogens (primary N) is 1. The van der Waals surface area contributed by atoms with E-state index in [1.54, 1.807) is 6.07 Å². The van der Waals surface area contributed by atoms with E-state index in [0.717, 1.165) is 19.3 Å². The van der Waals surface area contributed by atoms with Crippen LogP contribution in [0, 0.1) is 11.3 Å². The molecule has 1 aromatic carbocycles. The van der Waals surface area contributed by atoms with E-state index in [0.29, 0.717) is 23.4 Å². The number of aliphatic hydroxyl groups is 1. The fraction of sp³-hybridized carbons (Fsp3) is 0.500. The summed E-state index contributed by atoms with van der Waals surface area (Å²) in [6.07, 6.45) is 6.96. The van der Waals surface area contributed by atoms with Gasteiger partial charge in [0.05, 0.1) is 6.61 Å². The first-order valence-electron chi connectivity index (χ1n) is 9.27. The van der Waals surface area contributed by atoms with E-state index < -0.39 is 0 Å². The van der Waals surface area contributed by atoms with Gasteiger partial charge >= 0.3 is 0 Å². The number of nitrogens with one attached hydrogen (secondary N) is 1. The lowest BCUT2D eigenvalue weighted by atomic mass is 9.61. The number of anilines is 2. The van der Waals surface area contributed by atoms with Gasteiger partial charge in [0.1, 0.15) is 11.0 Å². The first-order chi connectivity index (χ1) is 12.6. The molecule has 0 saturated heterocycles. The van der Waals surface area contributed by atoms with Crippen LogP contribution in [0.15, 0.2) is 36.4 Å². The van der Waals surface area contributed by atoms with Crippen molar-refractivity contribution in [1.82, 2.24) is 9.97 Å². The minimum atomic E-state index is -0.0592. The molecule has 0 aliphatic heterocycles. The van der Waals surface area contributed by atoms with Gasteiger partial charge in [-0.05, 0) is 37.2 Å². The van der Waals surface area contributed by atoms with Gasteiger partial charge in [0, 0.05) is 18.0 Å². The molecule has 1 fully saturated rings. The molecular formula is C20H27ClN4O. The Hall–Kier alpha value is -1.85. The van der Waals surface area contributed by atoms with Gasteiger partial charge in [0.2, 0.25) is 5.95 Å². The standard InChI is InChI=1S/C20H27ClN4O/c21-17-10-18(25-19(22)24-17)23-13-20(14-26)11-16(12-20)9-5-4-8-15-6-2-1-3-7-15/h1-3,6-7,10,16,26H,4-5,8-9,11-14H2,(H3,22,23,24,25). The third-order valence-corrected chi connectivity index (χ3v) is 5.50. The lowest BCUT2D eigenvalue weighted by Crippen LogP contribution is -2.45. The fourth-order valence-electron chi connectivity index (χ4n) is 3.91. The first-order valence-corrected chi connectivity index (χ1v) is 9.65. The molecule has 0 amide bonds. The molecule has 0 spiro atoms. The summed E-state index contributed by atoms with van der Waals surface area (Å²) in [5.74, 6) is 1.48. The highest BCUT2D eigenvalue weighted by Gasteiger charge is 2.43. The Morgan fingerprint density at radius 1 is 1.19 bits per heavy atom. The van der Waals surface area contributed by atoms with Crippen molar-refractivity contribution in [2.45, 2.75) is 38.5 Å². The average Bonchev–Trinajstić information content (AvgIpc) is 2.60. The second-order valence-electron chi connectivity index (χ2n) is 7.45. The molecule has 1 aliphatic rings. The second-order valence-corrected chi connectivity index (χ2v) is 7.84. The van der Waals surface area contributed by atoms with Crippen molar-refractivity contribution in [3.63, 3.8) is 0 Å². The smallest absolute Gasteiger partial charge is 0.223 e. The van der Waals surface area contributed by atoms with Crippen LogP contribution in [0.1, 0.15) is 37.7 Å². The minimum Gasteiger partial charge on any atom is -0.396 e. The number of rotatable bonds is 9. The van der Waals surface area contributed by atoms with E-state index in [2.05, 4.69) is 45.6 Å². The summed E-state index contributed by atoms with van der Waals surface area (Å²) < 4.78 is 0. The average molecular weight is 375 g/mol. The number of aromatic nitrogens is 2. The van der Waals surface area contributed by atoms with E-state index in [4.69, 9.17) is 17.3 Å². The highest BCUT2D eigenvalue weighted by Crippen LogP contribution is 2.47. The van der Waals surface area contributed by atoms with E-state index in [-0.39, 0.29) is 18.0 Å². The molecule has 2 aromatic rings. The van der Waals surface area contributed by atoms with Crippen LogP contribution in [0.2, 0.25) is 5.15 Å². The third-order valence-electron chi connectivity index (χ3n) is 5.31. The van der Waals surface area contributed by atoms with E-state index >= 15 is 0 Å². The summed E-state index contributed by atoms with van der Waals surface area (Å²) in [5.41, 5.74) is 6.97. The topological polar surface area (TPSA) is 84.1 Å². The van der Waals surface area contributed by atoms with Crippen molar-refractivity contribution < 1.29 is 5.11 Å². The Bertz CT molecular complexity index is 684. The number of nitrogens with zero attached hydrogens (tertiary/aromatic N) is 2. The van der Waals surface area contributed by atoms with Crippen LogP contribution >= 0.6 is 11.6 Å². The number of hydrogen-bond donors (Lipinski definition) is 3. The van der Waals surface area contributed by atoms with Crippen molar-refractivity contribution in [2.24, 2.45) is 11.3 Å². The maximum atomic E-state index is 9.84. The largest absolute Gasteiger partial charge is 0.396 e. The van der Waals surface area contributed by atoms with Crippen LogP contribution in [0.25, 0.3) is 0 Å². The van der Waals surface area contributed by atoms with Gasteiger partial charge in [-0.2, -0.15) is 4.98 Å². The number of nitrogen functional groups attached to an aromatic ring is 1. The summed E-state index contributed by atoms with van der Waals surface area (Å²) in [5, 5.41) is 13.4. The van der Waals surface area contributed by atoms with E-state index in [1.807, 2.05) is 0 Å². The van der Waals surface area contributed by atoms with Gasteiger partial charge in [0.15, 0.2) is 0 Å². The molecular weight excluding hydrogens is 348 g/mol. The Morgan fingerprint density at radius 2 is 1.96 bits per heavy atom. The molecule has 0 radical (unpaired) electrons. The zero-order chi connectivity index (χ0) is 18.4. The van der Waals surface area contributed by atoms with Crippen molar-refractivity contribution in [2.75, 3.05) is 24.2 Å². The summed E-state index contributed by atoms with van der Waals surface area (Å²) in [4.78, 5) is 7.98. The highest BCUT2D eigenvalue weighted by molar-refractivity contribution is 6.29. The third kappa shape index (κ3) is 5.08. The summed E-state index contributed by atoms with van der Waals surface area (Å²) in [7, 11) is 0. The first kappa shape index (κ1) is 18.9. The molecule has 0 atom stereocenters. The van der Waals surface area contributed by atoms with Gasteiger partial charge < -0.3 is 16.2 Å². The zero-order valence-electron chi connectivity index (χ0n) is 15.0. The number of unbranched alkanes of at least 4 members (excludes halogenated alkanes) is 1. The van der Waals surface area contributed by atoms with E-state index in [9.17, 15) is 5.11 Å². The molecule has 1 heterocycles. The monoisotopic (exact) mass is 374 g/mol. The zero-order valence-corrected chi connectivity index (χ0v) is 15.8. The molecule has 5 nitrogen and oxygen atoms in total. The van der Waals surface area contributed by atoms with Crippen molar-refractivity contribution >= 4 is 23.4 Å². The van der Waals surface area contributed by atoms with Gasteiger partial charge in [-0.3, -0.25) is 0 Å². The number of halogens is 1. The van der Waals surface area contributed by atoms with Crippen molar-refractivity contribution in [3.05, 3.63) is 47.1 Å². The summed E-state index contributed by atoms with van der Waals surface area (Å²) >= 11 is 5.90. The van der Waals surface area contributed by atoms with Gasteiger partial charge in [-0.15, -0.1) is 0 Å². The molecule has 0 bridgehead atoms. The van der Waals surface area contributed by atoms with Crippen LogP contribution in [0.4, 0.5) is 11.8 Å². The molecule has 4 N–H and O–H groups in total. The normalized spacial score (nSPS) is 22.0. The maximum Gasteiger partial charge on any atom is 0.223 e. The predicted octanol–water partition coefficient (Wildman–Crippen LogP) is 3.93. The molecule has 26 heavy (non-hydrogen) atoms. The lowest BCUT2D eigenvalue weighted by molar-refractivity contribution is 0.00193. The maximum absolute atomic E-state index is 9.84. The van der Waals surface area contributed by atoms with Crippen LogP contribution < -0.4 is 11.1 Å².